The zero-order valence-electron chi connectivity index (χ0n) is 16.6. The van der Waals surface area contributed by atoms with Gasteiger partial charge in [-0.15, -0.1) is 0 Å². The van der Waals surface area contributed by atoms with Crippen LogP contribution in [0.5, 0.6) is 0 Å². The number of hydrogen-bond acceptors (Lipinski definition) is 4. The number of carbonyl (C=O) groups excluding carboxylic acids is 1. The van der Waals surface area contributed by atoms with E-state index in [2.05, 4.69) is 4.90 Å². The van der Waals surface area contributed by atoms with Gasteiger partial charge in [-0.2, -0.15) is 0 Å². The Labute approximate surface area is 174 Å². The molecule has 2 aliphatic rings. The Bertz CT molecular complexity index is 1130. The van der Waals surface area contributed by atoms with Crippen molar-refractivity contribution >= 4 is 17.3 Å². The van der Waals surface area contributed by atoms with Crippen molar-refractivity contribution < 1.29 is 9.72 Å². The Morgan fingerprint density at radius 1 is 1.03 bits per heavy atom. The molecule has 5 rings (SSSR count). The molecule has 2 aliphatic heterocycles. The van der Waals surface area contributed by atoms with Crippen molar-refractivity contribution in [3.05, 3.63) is 106 Å². The van der Waals surface area contributed by atoms with E-state index in [1.165, 1.54) is 0 Å². The number of anilines is 1. The molecule has 1 saturated heterocycles. The predicted octanol–water partition coefficient (Wildman–Crippen LogP) is 4.09. The maximum Gasteiger partial charge on any atom is 0.269 e. The lowest BCUT2D eigenvalue weighted by Crippen LogP contribution is -2.49. The molecule has 0 bridgehead atoms. The Kier molecular flexibility index (Phi) is 4.10. The minimum Gasteiger partial charge on any atom is -0.353 e. The van der Waals surface area contributed by atoms with E-state index in [1.54, 1.807) is 12.1 Å². The van der Waals surface area contributed by atoms with Gasteiger partial charge in [0.05, 0.1) is 10.3 Å². The lowest BCUT2D eigenvalue weighted by atomic mass is 9.73. The molecule has 0 spiro atoms. The number of fused-ring (bicyclic) bond motifs is 3. The fraction of sp³-hybridized carbons (Fsp3) is 0.208. The third kappa shape index (κ3) is 2.53. The van der Waals surface area contributed by atoms with Crippen LogP contribution in [0.25, 0.3) is 0 Å². The van der Waals surface area contributed by atoms with Crippen molar-refractivity contribution in [1.82, 2.24) is 4.90 Å². The summed E-state index contributed by atoms with van der Waals surface area (Å²) in [5.74, 6) is 0.0525. The van der Waals surface area contributed by atoms with Crippen LogP contribution in [0, 0.1) is 10.1 Å². The molecule has 0 aliphatic carbocycles. The van der Waals surface area contributed by atoms with E-state index in [4.69, 9.17) is 0 Å². The van der Waals surface area contributed by atoms with Crippen LogP contribution in [0.2, 0.25) is 0 Å². The molecule has 3 aromatic carbocycles. The lowest BCUT2D eigenvalue weighted by Gasteiger charge is -2.36. The number of nitro benzene ring substituents is 1. The summed E-state index contributed by atoms with van der Waals surface area (Å²) in [6.45, 7) is 0.499. The maximum atomic E-state index is 13.3. The molecule has 1 fully saturated rings. The van der Waals surface area contributed by atoms with Crippen molar-refractivity contribution in [3.63, 3.8) is 0 Å². The summed E-state index contributed by atoms with van der Waals surface area (Å²) in [6, 6.07) is 24.8. The summed E-state index contributed by atoms with van der Waals surface area (Å²) in [5.41, 5.74) is 3.24. The molecule has 30 heavy (non-hydrogen) atoms. The summed E-state index contributed by atoms with van der Waals surface area (Å²) in [6.07, 6.45) is 0.0390. The van der Waals surface area contributed by atoms with Crippen LogP contribution in [-0.2, 0) is 16.8 Å². The van der Waals surface area contributed by atoms with Crippen LogP contribution in [-0.4, -0.2) is 28.9 Å². The topological polar surface area (TPSA) is 66.7 Å². The fourth-order valence-electron chi connectivity index (χ4n) is 5.14. The number of carbonyl (C=O) groups is 1. The lowest BCUT2D eigenvalue weighted by molar-refractivity contribution is -0.384. The third-order valence-electron chi connectivity index (χ3n) is 6.39. The van der Waals surface area contributed by atoms with E-state index in [0.717, 1.165) is 22.4 Å². The first-order valence-corrected chi connectivity index (χ1v) is 9.93. The predicted molar refractivity (Wildman–Crippen MR) is 114 cm³/mol. The van der Waals surface area contributed by atoms with Crippen LogP contribution in [0.3, 0.4) is 0 Å². The number of nitro groups is 1. The molecule has 2 heterocycles. The number of non-ortho nitro benzene ring substituents is 1. The number of likely N-dealkylation sites (tertiary alicyclic amines) is 1. The monoisotopic (exact) mass is 399 g/mol. The Hall–Kier alpha value is -3.67. The molecule has 2 atom stereocenters. The highest BCUT2D eigenvalue weighted by atomic mass is 16.6. The van der Waals surface area contributed by atoms with Crippen molar-refractivity contribution in [2.24, 2.45) is 0 Å². The van der Waals surface area contributed by atoms with Crippen LogP contribution < -0.4 is 4.90 Å². The van der Waals surface area contributed by atoms with Gasteiger partial charge in [0.25, 0.3) is 5.69 Å². The van der Waals surface area contributed by atoms with Crippen molar-refractivity contribution in [3.8, 4) is 0 Å². The molecule has 6 heteroatoms. The molecule has 3 aromatic rings. The standard InChI is InChI=1S/C24H21N3O3/c1-25-21-13-12-19(27(29)30)14-20(21)24(18-10-6-3-7-11-18)15-22(28)26(23(24)25)16-17-8-4-2-5-9-17/h2-14,23H,15-16H2,1H3/t23-,24+/m1/s1. The number of likely N-dealkylation sites (N-methyl/N-ethyl adjacent to an activating group) is 1. The van der Waals surface area contributed by atoms with Gasteiger partial charge in [0, 0.05) is 37.8 Å². The summed E-state index contributed by atoms with van der Waals surface area (Å²) in [5, 5.41) is 11.5. The minimum absolute atomic E-state index is 0.0482. The van der Waals surface area contributed by atoms with E-state index < -0.39 is 5.41 Å². The van der Waals surface area contributed by atoms with Gasteiger partial charge in [0.1, 0.15) is 6.17 Å². The van der Waals surface area contributed by atoms with Crippen LogP contribution in [0.1, 0.15) is 23.1 Å². The van der Waals surface area contributed by atoms with Crippen LogP contribution >= 0.6 is 0 Å². The first-order valence-electron chi connectivity index (χ1n) is 9.93. The highest BCUT2D eigenvalue weighted by molar-refractivity contribution is 5.88. The molecular formula is C24H21N3O3. The molecule has 150 valence electrons. The van der Waals surface area contributed by atoms with E-state index in [-0.39, 0.29) is 29.1 Å². The molecule has 0 N–H and O–H groups in total. The summed E-state index contributed by atoms with van der Waals surface area (Å²) in [4.78, 5) is 28.4. The summed E-state index contributed by atoms with van der Waals surface area (Å²) >= 11 is 0. The van der Waals surface area contributed by atoms with Gasteiger partial charge in [-0.1, -0.05) is 60.7 Å². The van der Waals surface area contributed by atoms with Crippen molar-refractivity contribution in [2.45, 2.75) is 24.5 Å². The van der Waals surface area contributed by atoms with Gasteiger partial charge >= 0.3 is 0 Å². The van der Waals surface area contributed by atoms with Gasteiger partial charge in [-0.25, -0.2) is 0 Å². The smallest absolute Gasteiger partial charge is 0.269 e. The first kappa shape index (κ1) is 18.4. The largest absolute Gasteiger partial charge is 0.353 e. The molecule has 0 unspecified atom stereocenters. The Morgan fingerprint density at radius 3 is 2.37 bits per heavy atom. The van der Waals surface area contributed by atoms with E-state index in [0.29, 0.717) is 6.54 Å². The van der Waals surface area contributed by atoms with Gasteiger partial charge in [0.2, 0.25) is 5.91 Å². The summed E-state index contributed by atoms with van der Waals surface area (Å²) in [7, 11) is 1.97. The van der Waals surface area contributed by atoms with Crippen molar-refractivity contribution in [2.75, 3.05) is 11.9 Å². The second kappa shape index (κ2) is 6.69. The molecule has 6 nitrogen and oxygen atoms in total. The zero-order chi connectivity index (χ0) is 20.9. The summed E-state index contributed by atoms with van der Waals surface area (Å²) < 4.78 is 0. The first-order chi connectivity index (χ1) is 14.5. The second-order valence-electron chi connectivity index (χ2n) is 7.96. The normalized spacial score (nSPS) is 22.2. The molecule has 0 aromatic heterocycles. The van der Waals surface area contributed by atoms with Gasteiger partial charge in [0.15, 0.2) is 0 Å². The van der Waals surface area contributed by atoms with E-state index in [1.807, 2.05) is 78.7 Å². The highest BCUT2D eigenvalue weighted by Gasteiger charge is 2.60. The number of amides is 1. The molecule has 0 saturated carbocycles. The average molecular weight is 399 g/mol. The van der Waals surface area contributed by atoms with Gasteiger partial charge < -0.3 is 9.80 Å². The molecule has 1 amide bonds. The van der Waals surface area contributed by atoms with Crippen LogP contribution in [0.15, 0.2) is 78.9 Å². The fourth-order valence-corrected chi connectivity index (χ4v) is 5.14. The third-order valence-corrected chi connectivity index (χ3v) is 6.39. The second-order valence-corrected chi connectivity index (χ2v) is 7.96. The zero-order valence-corrected chi connectivity index (χ0v) is 16.6. The van der Waals surface area contributed by atoms with E-state index >= 15 is 0 Å². The minimum atomic E-state index is -0.650. The van der Waals surface area contributed by atoms with E-state index in [9.17, 15) is 14.9 Å². The maximum absolute atomic E-state index is 13.3. The Balaban J connectivity index is 1.70. The molecule has 0 radical (unpaired) electrons. The Morgan fingerprint density at radius 2 is 1.70 bits per heavy atom. The van der Waals surface area contributed by atoms with Crippen molar-refractivity contribution in [1.29, 1.82) is 0 Å². The highest BCUT2D eigenvalue weighted by Crippen LogP contribution is 2.56. The number of rotatable bonds is 4. The van der Waals surface area contributed by atoms with Gasteiger partial charge in [-0.05, 0) is 22.8 Å². The SMILES string of the molecule is CN1c2ccc([N+](=O)[O-])cc2[C@@]2(c3ccccc3)CC(=O)N(Cc3ccccc3)[C@@H]12. The van der Waals surface area contributed by atoms with Gasteiger partial charge in [-0.3, -0.25) is 14.9 Å². The van der Waals surface area contributed by atoms with Crippen LogP contribution in [0.4, 0.5) is 11.4 Å². The quantitative estimate of drug-likeness (QED) is 0.490. The molecular weight excluding hydrogens is 378 g/mol. The average Bonchev–Trinajstić information content (AvgIpc) is 3.19. The number of benzene rings is 3. The number of nitrogens with zero attached hydrogens (tertiary/aromatic N) is 3. The number of hydrogen-bond donors (Lipinski definition) is 0.